The standard InChI is InChI=1S/C7H10BrN3O/c1-10(2)7(12)5-11-4-3-6(8)9-11/h3-4H,5H2,1-2H3. The van der Waals surface area contributed by atoms with Crippen molar-refractivity contribution in [1.82, 2.24) is 14.7 Å². The first-order valence-electron chi connectivity index (χ1n) is 3.48. The molecule has 0 aromatic carbocycles. The van der Waals surface area contributed by atoms with Crippen LogP contribution < -0.4 is 0 Å². The minimum absolute atomic E-state index is 0.0330. The van der Waals surface area contributed by atoms with E-state index in [0.717, 1.165) is 4.60 Å². The maximum absolute atomic E-state index is 11.2. The normalized spacial score (nSPS) is 9.92. The van der Waals surface area contributed by atoms with Crippen LogP contribution in [-0.4, -0.2) is 34.7 Å². The minimum Gasteiger partial charge on any atom is -0.347 e. The lowest BCUT2D eigenvalue weighted by molar-refractivity contribution is -0.129. The van der Waals surface area contributed by atoms with Gasteiger partial charge in [-0.15, -0.1) is 0 Å². The predicted molar refractivity (Wildman–Crippen MR) is 48.6 cm³/mol. The lowest BCUT2D eigenvalue weighted by Gasteiger charge is -2.09. The van der Waals surface area contributed by atoms with Gasteiger partial charge in [0, 0.05) is 20.3 Å². The summed E-state index contributed by atoms with van der Waals surface area (Å²) in [7, 11) is 3.45. The topological polar surface area (TPSA) is 38.1 Å². The Morgan fingerprint density at radius 1 is 1.75 bits per heavy atom. The molecule has 1 aromatic heterocycles. The second-order valence-corrected chi connectivity index (χ2v) is 3.44. The number of amides is 1. The number of carbonyl (C=O) groups is 1. The molecule has 0 saturated heterocycles. The fraction of sp³-hybridized carbons (Fsp3) is 0.429. The van der Waals surface area contributed by atoms with E-state index in [1.165, 1.54) is 4.90 Å². The van der Waals surface area contributed by atoms with E-state index in [-0.39, 0.29) is 5.91 Å². The molecular weight excluding hydrogens is 222 g/mol. The molecule has 1 aromatic rings. The van der Waals surface area contributed by atoms with Gasteiger partial charge in [0.15, 0.2) is 0 Å². The van der Waals surface area contributed by atoms with E-state index in [0.29, 0.717) is 6.54 Å². The first-order chi connectivity index (χ1) is 5.59. The Balaban J connectivity index is 2.58. The highest BCUT2D eigenvalue weighted by Gasteiger charge is 2.04. The molecule has 0 spiro atoms. The van der Waals surface area contributed by atoms with Crippen LogP contribution in [0.2, 0.25) is 0 Å². The Kier molecular flexibility index (Phi) is 2.86. The second kappa shape index (κ2) is 3.71. The summed E-state index contributed by atoms with van der Waals surface area (Å²) < 4.78 is 2.33. The highest BCUT2D eigenvalue weighted by atomic mass is 79.9. The van der Waals surface area contributed by atoms with Crippen molar-refractivity contribution >= 4 is 21.8 Å². The van der Waals surface area contributed by atoms with E-state index in [9.17, 15) is 4.79 Å². The highest BCUT2D eigenvalue weighted by molar-refractivity contribution is 9.10. The molecule has 0 radical (unpaired) electrons. The summed E-state index contributed by atoms with van der Waals surface area (Å²) in [5.74, 6) is 0.0330. The molecule has 1 rings (SSSR count). The SMILES string of the molecule is CN(C)C(=O)Cn1ccc(Br)n1. The molecule has 0 atom stereocenters. The van der Waals surface area contributed by atoms with Crippen molar-refractivity contribution in [1.29, 1.82) is 0 Å². The zero-order valence-corrected chi connectivity index (χ0v) is 8.58. The van der Waals surface area contributed by atoms with Gasteiger partial charge in [-0.2, -0.15) is 5.10 Å². The molecule has 1 heterocycles. The average Bonchev–Trinajstić information content (AvgIpc) is 2.35. The molecule has 0 unspecified atom stereocenters. The maximum Gasteiger partial charge on any atom is 0.243 e. The molecule has 0 aliphatic heterocycles. The van der Waals surface area contributed by atoms with Crippen LogP contribution in [0.15, 0.2) is 16.9 Å². The van der Waals surface area contributed by atoms with Gasteiger partial charge in [-0.3, -0.25) is 9.48 Å². The Labute approximate surface area is 79.3 Å². The van der Waals surface area contributed by atoms with E-state index in [1.807, 2.05) is 0 Å². The maximum atomic E-state index is 11.2. The number of rotatable bonds is 2. The third-order valence-corrected chi connectivity index (χ3v) is 1.83. The minimum atomic E-state index is 0.0330. The number of carbonyl (C=O) groups excluding carboxylic acids is 1. The molecule has 0 bridgehead atoms. The first-order valence-corrected chi connectivity index (χ1v) is 4.28. The van der Waals surface area contributed by atoms with Gasteiger partial charge >= 0.3 is 0 Å². The van der Waals surface area contributed by atoms with Crippen molar-refractivity contribution in [2.75, 3.05) is 14.1 Å². The smallest absolute Gasteiger partial charge is 0.243 e. The number of hydrogen-bond donors (Lipinski definition) is 0. The molecule has 66 valence electrons. The molecule has 0 aliphatic carbocycles. The second-order valence-electron chi connectivity index (χ2n) is 2.62. The molecular formula is C7H10BrN3O. The van der Waals surface area contributed by atoms with Gasteiger partial charge in [-0.25, -0.2) is 0 Å². The van der Waals surface area contributed by atoms with Gasteiger partial charge < -0.3 is 4.90 Å². The number of hydrogen-bond acceptors (Lipinski definition) is 2. The van der Waals surface area contributed by atoms with E-state index < -0.39 is 0 Å². The molecule has 0 saturated carbocycles. The Morgan fingerprint density at radius 3 is 2.83 bits per heavy atom. The number of halogens is 1. The Hall–Kier alpha value is -0.840. The predicted octanol–water partition coefficient (Wildman–Crippen LogP) is 0.734. The van der Waals surface area contributed by atoms with E-state index in [2.05, 4.69) is 21.0 Å². The van der Waals surface area contributed by atoms with Crippen molar-refractivity contribution in [2.45, 2.75) is 6.54 Å². The quantitative estimate of drug-likeness (QED) is 0.754. The van der Waals surface area contributed by atoms with Crippen LogP contribution in [0.5, 0.6) is 0 Å². The van der Waals surface area contributed by atoms with Crippen molar-refractivity contribution in [3.8, 4) is 0 Å². The summed E-state index contributed by atoms with van der Waals surface area (Å²) in [4.78, 5) is 12.7. The lowest BCUT2D eigenvalue weighted by Crippen LogP contribution is -2.26. The van der Waals surface area contributed by atoms with Crippen LogP contribution in [-0.2, 0) is 11.3 Å². The summed E-state index contributed by atoms with van der Waals surface area (Å²) in [6.45, 7) is 0.290. The molecule has 4 nitrogen and oxygen atoms in total. The summed E-state index contributed by atoms with van der Waals surface area (Å²) >= 11 is 3.20. The molecule has 1 amide bonds. The van der Waals surface area contributed by atoms with Crippen molar-refractivity contribution in [2.24, 2.45) is 0 Å². The van der Waals surface area contributed by atoms with Crippen LogP contribution in [0.4, 0.5) is 0 Å². The Bertz CT molecular complexity index is 282. The van der Waals surface area contributed by atoms with Crippen LogP contribution in [0, 0.1) is 0 Å². The first kappa shape index (κ1) is 9.25. The van der Waals surface area contributed by atoms with Crippen LogP contribution in [0.3, 0.4) is 0 Å². The van der Waals surface area contributed by atoms with E-state index in [4.69, 9.17) is 0 Å². The molecule has 12 heavy (non-hydrogen) atoms. The monoisotopic (exact) mass is 231 g/mol. The molecule has 5 heteroatoms. The zero-order chi connectivity index (χ0) is 9.14. The fourth-order valence-corrected chi connectivity index (χ4v) is 1.03. The van der Waals surface area contributed by atoms with Crippen LogP contribution in [0.1, 0.15) is 0 Å². The van der Waals surface area contributed by atoms with Crippen LogP contribution in [0.25, 0.3) is 0 Å². The zero-order valence-electron chi connectivity index (χ0n) is 6.99. The van der Waals surface area contributed by atoms with E-state index >= 15 is 0 Å². The van der Waals surface area contributed by atoms with Crippen molar-refractivity contribution in [3.63, 3.8) is 0 Å². The fourth-order valence-electron chi connectivity index (χ4n) is 0.705. The van der Waals surface area contributed by atoms with Crippen molar-refractivity contribution < 1.29 is 4.79 Å². The van der Waals surface area contributed by atoms with Crippen LogP contribution >= 0.6 is 15.9 Å². The lowest BCUT2D eigenvalue weighted by atomic mass is 10.5. The van der Waals surface area contributed by atoms with Gasteiger partial charge in [-0.1, -0.05) is 0 Å². The van der Waals surface area contributed by atoms with Gasteiger partial charge in [0.2, 0.25) is 5.91 Å². The van der Waals surface area contributed by atoms with Gasteiger partial charge in [0.05, 0.1) is 0 Å². The largest absolute Gasteiger partial charge is 0.347 e. The third-order valence-electron chi connectivity index (χ3n) is 1.40. The van der Waals surface area contributed by atoms with Gasteiger partial charge in [0.1, 0.15) is 11.1 Å². The van der Waals surface area contributed by atoms with E-state index in [1.54, 1.807) is 31.0 Å². The average molecular weight is 232 g/mol. The van der Waals surface area contributed by atoms with Crippen molar-refractivity contribution in [3.05, 3.63) is 16.9 Å². The van der Waals surface area contributed by atoms with Gasteiger partial charge in [0.25, 0.3) is 0 Å². The molecule has 0 N–H and O–H groups in total. The number of aromatic nitrogens is 2. The number of nitrogens with zero attached hydrogens (tertiary/aromatic N) is 3. The molecule has 0 fully saturated rings. The summed E-state index contributed by atoms with van der Waals surface area (Å²) in [6.07, 6.45) is 1.76. The highest BCUT2D eigenvalue weighted by Crippen LogP contribution is 2.03. The summed E-state index contributed by atoms with van der Waals surface area (Å²) in [5.41, 5.74) is 0. The summed E-state index contributed by atoms with van der Waals surface area (Å²) in [6, 6.07) is 1.79. The third kappa shape index (κ3) is 2.34. The Morgan fingerprint density at radius 2 is 2.42 bits per heavy atom. The molecule has 0 aliphatic rings. The number of likely N-dealkylation sites (N-methyl/N-ethyl adjacent to an activating group) is 1. The summed E-state index contributed by atoms with van der Waals surface area (Å²) in [5, 5.41) is 4.02. The van der Waals surface area contributed by atoms with Gasteiger partial charge in [-0.05, 0) is 22.0 Å².